The SMILES string of the molecule is CCc1ccc(C(=O)NCC2=CCNCC2)cc1[N+](=O)[O-]. The first-order valence-electron chi connectivity index (χ1n) is 7.06. The number of rotatable bonds is 5. The lowest BCUT2D eigenvalue weighted by Crippen LogP contribution is -2.29. The Balaban J connectivity index is 2.06. The van der Waals surface area contributed by atoms with Crippen molar-refractivity contribution in [2.24, 2.45) is 0 Å². The van der Waals surface area contributed by atoms with Crippen LogP contribution in [-0.2, 0) is 6.42 Å². The van der Waals surface area contributed by atoms with E-state index in [0.29, 0.717) is 24.1 Å². The van der Waals surface area contributed by atoms with Gasteiger partial charge in [0.2, 0.25) is 0 Å². The van der Waals surface area contributed by atoms with Crippen molar-refractivity contribution in [2.75, 3.05) is 19.6 Å². The number of nitro groups is 1. The Morgan fingerprint density at radius 1 is 1.48 bits per heavy atom. The monoisotopic (exact) mass is 289 g/mol. The van der Waals surface area contributed by atoms with E-state index in [1.165, 1.54) is 11.6 Å². The molecule has 1 aromatic rings. The molecule has 0 aromatic heterocycles. The lowest BCUT2D eigenvalue weighted by atomic mass is 10.1. The minimum Gasteiger partial charge on any atom is -0.348 e. The molecule has 2 N–H and O–H groups in total. The number of aryl methyl sites for hydroxylation is 1. The van der Waals surface area contributed by atoms with Gasteiger partial charge in [0.15, 0.2) is 0 Å². The maximum Gasteiger partial charge on any atom is 0.273 e. The van der Waals surface area contributed by atoms with Gasteiger partial charge in [0.05, 0.1) is 4.92 Å². The van der Waals surface area contributed by atoms with Gasteiger partial charge in [-0.25, -0.2) is 0 Å². The highest BCUT2D eigenvalue weighted by Crippen LogP contribution is 2.20. The van der Waals surface area contributed by atoms with Crippen molar-refractivity contribution < 1.29 is 9.72 Å². The van der Waals surface area contributed by atoms with Gasteiger partial charge in [-0.3, -0.25) is 14.9 Å². The predicted molar refractivity (Wildman–Crippen MR) is 80.4 cm³/mol. The van der Waals surface area contributed by atoms with Crippen LogP contribution in [-0.4, -0.2) is 30.5 Å². The number of nitro benzene ring substituents is 1. The van der Waals surface area contributed by atoms with Gasteiger partial charge in [-0.05, 0) is 25.5 Å². The number of carbonyl (C=O) groups is 1. The maximum absolute atomic E-state index is 12.1. The molecule has 1 amide bonds. The molecule has 6 nitrogen and oxygen atoms in total. The molecule has 0 bridgehead atoms. The summed E-state index contributed by atoms with van der Waals surface area (Å²) in [6, 6.07) is 4.64. The Kier molecular flexibility index (Phi) is 5.05. The summed E-state index contributed by atoms with van der Waals surface area (Å²) in [4.78, 5) is 22.7. The average molecular weight is 289 g/mol. The van der Waals surface area contributed by atoms with Crippen LogP contribution in [0.15, 0.2) is 29.8 Å². The molecule has 0 aliphatic carbocycles. The van der Waals surface area contributed by atoms with E-state index in [0.717, 1.165) is 19.5 Å². The van der Waals surface area contributed by atoms with Crippen molar-refractivity contribution in [1.82, 2.24) is 10.6 Å². The molecule has 1 aliphatic rings. The number of benzene rings is 1. The molecule has 0 saturated carbocycles. The van der Waals surface area contributed by atoms with Crippen LogP contribution in [0.3, 0.4) is 0 Å². The maximum atomic E-state index is 12.1. The van der Waals surface area contributed by atoms with Crippen LogP contribution >= 0.6 is 0 Å². The second kappa shape index (κ2) is 6.99. The summed E-state index contributed by atoms with van der Waals surface area (Å²) < 4.78 is 0. The van der Waals surface area contributed by atoms with Crippen LogP contribution in [0.2, 0.25) is 0 Å². The third-order valence-corrected chi connectivity index (χ3v) is 3.56. The summed E-state index contributed by atoms with van der Waals surface area (Å²) >= 11 is 0. The number of hydrogen-bond donors (Lipinski definition) is 2. The van der Waals surface area contributed by atoms with E-state index in [9.17, 15) is 14.9 Å². The zero-order valence-corrected chi connectivity index (χ0v) is 12.0. The third kappa shape index (κ3) is 3.88. The molecular formula is C15H19N3O3. The van der Waals surface area contributed by atoms with Crippen LogP contribution in [0.25, 0.3) is 0 Å². The summed E-state index contributed by atoms with van der Waals surface area (Å²) in [6.07, 6.45) is 3.54. The zero-order valence-electron chi connectivity index (χ0n) is 12.0. The molecule has 6 heteroatoms. The van der Waals surface area contributed by atoms with Crippen LogP contribution in [0.1, 0.15) is 29.3 Å². The Morgan fingerprint density at radius 3 is 2.90 bits per heavy atom. The highest BCUT2D eigenvalue weighted by atomic mass is 16.6. The van der Waals surface area contributed by atoms with Gasteiger partial charge in [-0.15, -0.1) is 0 Å². The minimum atomic E-state index is -0.440. The van der Waals surface area contributed by atoms with Gasteiger partial charge >= 0.3 is 0 Å². The van der Waals surface area contributed by atoms with E-state index >= 15 is 0 Å². The number of nitrogens with one attached hydrogen (secondary N) is 2. The quantitative estimate of drug-likeness (QED) is 0.492. The molecule has 21 heavy (non-hydrogen) atoms. The number of amides is 1. The van der Waals surface area contributed by atoms with Gasteiger partial charge in [-0.2, -0.15) is 0 Å². The zero-order chi connectivity index (χ0) is 15.2. The van der Waals surface area contributed by atoms with Gasteiger partial charge in [0.25, 0.3) is 11.6 Å². The van der Waals surface area contributed by atoms with Crippen LogP contribution in [0, 0.1) is 10.1 Å². The molecule has 1 aromatic carbocycles. The van der Waals surface area contributed by atoms with Crippen molar-refractivity contribution in [3.63, 3.8) is 0 Å². The second-order valence-corrected chi connectivity index (χ2v) is 4.95. The smallest absolute Gasteiger partial charge is 0.273 e. The Hall–Kier alpha value is -2.21. The van der Waals surface area contributed by atoms with Gasteiger partial charge in [0.1, 0.15) is 0 Å². The normalized spacial score (nSPS) is 14.4. The van der Waals surface area contributed by atoms with Gasteiger partial charge in [-0.1, -0.05) is 24.6 Å². The Labute approximate surface area is 123 Å². The van der Waals surface area contributed by atoms with Crippen molar-refractivity contribution in [2.45, 2.75) is 19.8 Å². The first-order chi connectivity index (χ1) is 10.1. The summed E-state index contributed by atoms with van der Waals surface area (Å²) in [6.45, 7) is 4.08. The summed E-state index contributed by atoms with van der Waals surface area (Å²) in [5.41, 5.74) is 2.15. The van der Waals surface area contributed by atoms with E-state index in [-0.39, 0.29) is 11.6 Å². The summed E-state index contributed by atoms with van der Waals surface area (Å²) in [5, 5.41) is 17.0. The van der Waals surface area contributed by atoms with E-state index in [4.69, 9.17) is 0 Å². The number of nitrogens with zero attached hydrogens (tertiary/aromatic N) is 1. The molecule has 0 atom stereocenters. The molecule has 0 unspecified atom stereocenters. The Morgan fingerprint density at radius 2 is 2.29 bits per heavy atom. The first kappa shape index (κ1) is 15.2. The molecule has 1 aliphatic heterocycles. The molecule has 2 rings (SSSR count). The summed E-state index contributed by atoms with van der Waals surface area (Å²) in [5.74, 6) is -0.278. The fraction of sp³-hybridized carbons (Fsp3) is 0.400. The lowest BCUT2D eigenvalue weighted by molar-refractivity contribution is -0.385. The predicted octanol–water partition coefficient (Wildman–Crippen LogP) is 1.81. The number of carbonyl (C=O) groups excluding carboxylic acids is 1. The van der Waals surface area contributed by atoms with Crippen LogP contribution in [0.4, 0.5) is 5.69 Å². The number of hydrogen-bond acceptors (Lipinski definition) is 4. The van der Waals surface area contributed by atoms with Crippen LogP contribution < -0.4 is 10.6 Å². The van der Waals surface area contributed by atoms with Crippen molar-refractivity contribution in [1.29, 1.82) is 0 Å². The standard InChI is InChI=1S/C15H19N3O3/c1-2-12-3-4-13(9-14(12)18(20)21)15(19)17-10-11-5-7-16-8-6-11/h3-5,9,16H,2,6-8,10H2,1H3,(H,17,19). The third-order valence-electron chi connectivity index (χ3n) is 3.56. The lowest BCUT2D eigenvalue weighted by Gasteiger charge is -2.14. The van der Waals surface area contributed by atoms with Crippen molar-refractivity contribution in [3.05, 3.63) is 51.1 Å². The largest absolute Gasteiger partial charge is 0.348 e. The topological polar surface area (TPSA) is 84.3 Å². The fourth-order valence-electron chi connectivity index (χ4n) is 2.30. The Bertz CT molecular complexity index is 582. The van der Waals surface area contributed by atoms with Crippen LogP contribution in [0.5, 0.6) is 0 Å². The van der Waals surface area contributed by atoms with E-state index in [1.54, 1.807) is 12.1 Å². The van der Waals surface area contributed by atoms with Crippen molar-refractivity contribution in [3.8, 4) is 0 Å². The minimum absolute atomic E-state index is 0.00577. The molecule has 1 heterocycles. The molecule has 0 spiro atoms. The molecular weight excluding hydrogens is 270 g/mol. The molecule has 0 fully saturated rings. The van der Waals surface area contributed by atoms with Gasteiger partial charge < -0.3 is 10.6 Å². The molecule has 0 radical (unpaired) electrons. The van der Waals surface area contributed by atoms with Gasteiger partial charge in [0, 0.05) is 30.3 Å². The van der Waals surface area contributed by atoms with E-state index in [2.05, 4.69) is 16.7 Å². The second-order valence-electron chi connectivity index (χ2n) is 4.95. The van der Waals surface area contributed by atoms with Crippen molar-refractivity contribution >= 4 is 11.6 Å². The van der Waals surface area contributed by atoms with E-state index < -0.39 is 4.92 Å². The summed E-state index contributed by atoms with van der Waals surface area (Å²) in [7, 11) is 0. The highest BCUT2D eigenvalue weighted by Gasteiger charge is 2.16. The molecule has 112 valence electrons. The molecule has 0 saturated heterocycles. The first-order valence-corrected chi connectivity index (χ1v) is 7.06. The average Bonchev–Trinajstić information content (AvgIpc) is 2.52. The highest BCUT2D eigenvalue weighted by molar-refractivity contribution is 5.95. The van der Waals surface area contributed by atoms with E-state index in [1.807, 2.05) is 6.92 Å². The fourth-order valence-corrected chi connectivity index (χ4v) is 2.30.